The van der Waals surface area contributed by atoms with Gasteiger partial charge in [0.25, 0.3) is 0 Å². The minimum atomic E-state index is 0. The molecule has 0 fully saturated rings. The normalized spacial score (nSPS) is 10.0. The van der Waals surface area contributed by atoms with Crippen molar-refractivity contribution < 1.29 is 16.8 Å². The Bertz CT molecular complexity index is 47.0. The van der Waals surface area contributed by atoms with Gasteiger partial charge in [-0.2, -0.15) is 0 Å². The number of nitrogens with zero attached hydrogens (tertiary/aromatic N) is 2. The third-order valence-corrected chi connectivity index (χ3v) is 0.994. The molecule has 0 bridgehead atoms. The van der Waals surface area contributed by atoms with E-state index in [0.29, 0.717) is 0 Å². The molecule has 0 saturated carbocycles. The molecule has 0 spiro atoms. The van der Waals surface area contributed by atoms with Crippen molar-refractivity contribution in [1.82, 2.24) is 9.80 Å². The van der Waals surface area contributed by atoms with E-state index in [4.69, 9.17) is 0 Å². The molecule has 0 aliphatic rings. The summed E-state index contributed by atoms with van der Waals surface area (Å²) < 4.78 is 0. The van der Waals surface area contributed by atoms with E-state index in [-0.39, 0.29) is 16.8 Å². The van der Waals surface area contributed by atoms with Crippen LogP contribution < -0.4 is 0 Å². The van der Waals surface area contributed by atoms with Crippen LogP contribution in [0.5, 0.6) is 0 Å². The van der Waals surface area contributed by atoms with Gasteiger partial charge in [-0.15, -0.1) is 0 Å². The van der Waals surface area contributed by atoms with Crippen molar-refractivity contribution in [2.75, 3.05) is 41.3 Å². The van der Waals surface area contributed by atoms with E-state index in [0.717, 1.165) is 13.1 Å². The Balaban J connectivity index is 0. The fourth-order valence-electron chi connectivity index (χ4n) is 0.400. The Morgan fingerprint density at radius 1 is 0.778 bits per heavy atom. The first kappa shape index (κ1) is 12.1. The van der Waals surface area contributed by atoms with Crippen molar-refractivity contribution in [2.45, 2.75) is 0 Å². The molecule has 0 heterocycles. The van der Waals surface area contributed by atoms with Crippen molar-refractivity contribution >= 4 is 0 Å². The smallest absolute Gasteiger partial charge is 0.308 e. The first-order chi connectivity index (χ1) is 3.63. The topological polar surface area (TPSA) is 6.48 Å². The molecule has 0 aliphatic heterocycles. The molecule has 9 heavy (non-hydrogen) atoms. The van der Waals surface area contributed by atoms with Crippen LogP contribution in [0.25, 0.3) is 0 Å². The maximum atomic E-state index is 2.18. The average molecular weight is 175 g/mol. The monoisotopic (exact) mass is 175 g/mol. The molecule has 3 heteroatoms. The first-order valence-electron chi connectivity index (χ1n) is 2.92. The van der Waals surface area contributed by atoms with Crippen molar-refractivity contribution in [3.63, 3.8) is 0 Å². The van der Waals surface area contributed by atoms with E-state index in [1.807, 2.05) is 0 Å². The van der Waals surface area contributed by atoms with Gasteiger partial charge in [0, 0.05) is 13.1 Å². The SMILES string of the molecule is CN(C)CCN(C)C.[Co+2]. The molecule has 0 aromatic rings. The summed E-state index contributed by atoms with van der Waals surface area (Å²) in [5.74, 6) is 0. The van der Waals surface area contributed by atoms with Gasteiger partial charge in [0.15, 0.2) is 0 Å². The van der Waals surface area contributed by atoms with Crippen molar-refractivity contribution in [1.29, 1.82) is 0 Å². The Kier molecular flexibility index (Phi) is 8.83. The standard InChI is InChI=1S/C6H16N2.Co/c1-7(2)5-6-8(3)4;/h5-6H2,1-4H3;/q;+2. The maximum Gasteiger partial charge on any atom is 2.00 e. The molecule has 57 valence electrons. The van der Waals surface area contributed by atoms with Crippen LogP contribution in [0.4, 0.5) is 0 Å². The van der Waals surface area contributed by atoms with Gasteiger partial charge in [0.2, 0.25) is 0 Å². The molecule has 1 radical (unpaired) electrons. The second-order valence-electron chi connectivity index (χ2n) is 2.61. The largest absolute Gasteiger partial charge is 2.00 e. The summed E-state index contributed by atoms with van der Waals surface area (Å²) in [6.45, 7) is 2.29. The van der Waals surface area contributed by atoms with Crippen LogP contribution in [0.15, 0.2) is 0 Å². The van der Waals surface area contributed by atoms with Crippen molar-refractivity contribution in [3.05, 3.63) is 0 Å². The van der Waals surface area contributed by atoms with Crippen LogP contribution in [-0.2, 0) is 16.8 Å². The third kappa shape index (κ3) is 11.8. The van der Waals surface area contributed by atoms with Gasteiger partial charge in [-0.05, 0) is 28.2 Å². The molecule has 0 aromatic heterocycles. The Hall–Kier alpha value is 0.426. The zero-order valence-electron chi connectivity index (χ0n) is 6.64. The fourth-order valence-corrected chi connectivity index (χ4v) is 0.400. The second-order valence-corrected chi connectivity index (χ2v) is 2.61. The Labute approximate surface area is 68.4 Å². The maximum absolute atomic E-state index is 2.18. The molecule has 0 saturated heterocycles. The number of rotatable bonds is 3. The Morgan fingerprint density at radius 3 is 1.11 bits per heavy atom. The summed E-state index contributed by atoms with van der Waals surface area (Å²) in [5.41, 5.74) is 0. The van der Waals surface area contributed by atoms with Crippen molar-refractivity contribution in [3.8, 4) is 0 Å². The van der Waals surface area contributed by atoms with Gasteiger partial charge < -0.3 is 9.80 Å². The van der Waals surface area contributed by atoms with Crippen LogP contribution in [0, 0.1) is 0 Å². The molecule has 0 N–H and O–H groups in total. The molecule has 0 unspecified atom stereocenters. The molecular weight excluding hydrogens is 159 g/mol. The van der Waals surface area contributed by atoms with E-state index in [2.05, 4.69) is 38.0 Å². The minimum absolute atomic E-state index is 0. The average Bonchev–Trinajstić information content (AvgIpc) is 1.61. The van der Waals surface area contributed by atoms with E-state index < -0.39 is 0 Å². The van der Waals surface area contributed by atoms with Crippen LogP contribution in [0.2, 0.25) is 0 Å². The summed E-state index contributed by atoms with van der Waals surface area (Å²) in [6.07, 6.45) is 0. The Morgan fingerprint density at radius 2 is 1.00 bits per heavy atom. The van der Waals surface area contributed by atoms with Gasteiger partial charge in [-0.1, -0.05) is 0 Å². The third-order valence-electron chi connectivity index (χ3n) is 0.994. The van der Waals surface area contributed by atoms with Gasteiger partial charge in [0.1, 0.15) is 0 Å². The summed E-state index contributed by atoms with van der Waals surface area (Å²) in [5, 5.41) is 0. The molecule has 0 atom stereocenters. The fraction of sp³-hybridized carbons (Fsp3) is 1.00. The number of hydrogen-bond acceptors (Lipinski definition) is 2. The summed E-state index contributed by atoms with van der Waals surface area (Å²) in [4.78, 5) is 4.36. The quantitative estimate of drug-likeness (QED) is 0.600. The predicted molar refractivity (Wildman–Crippen MR) is 37.1 cm³/mol. The van der Waals surface area contributed by atoms with Crippen LogP contribution in [-0.4, -0.2) is 51.1 Å². The second kappa shape index (κ2) is 6.55. The molecule has 0 aromatic carbocycles. The minimum Gasteiger partial charge on any atom is -0.308 e. The molecule has 2 nitrogen and oxygen atoms in total. The van der Waals surface area contributed by atoms with E-state index in [1.54, 1.807) is 0 Å². The van der Waals surface area contributed by atoms with Gasteiger partial charge in [-0.25, -0.2) is 0 Å². The van der Waals surface area contributed by atoms with Gasteiger partial charge in [0.05, 0.1) is 0 Å². The van der Waals surface area contributed by atoms with E-state index >= 15 is 0 Å². The van der Waals surface area contributed by atoms with E-state index in [1.165, 1.54) is 0 Å². The van der Waals surface area contributed by atoms with Crippen LogP contribution in [0.1, 0.15) is 0 Å². The van der Waals surface area contributed by atoms with Gasteiger partial charge in [-0.3, -0.25) is 0 Å². The molecule has 0 amide bonds. The van der Waals surface area contributed by atoms with Crippen LogP contribution >= 0.6 is 0 Å². The van der Waals surface area contributed by atoms with Crippen LogP contribution in [0.3, 0.4) is 0 Å². The summed E-state index contributed by atoms with van der Waals surface area (Å²) >= 11 is 0. The van der Waals surface area contributed by atoms with Crippen molar-refractivity contribution in [2.24, 2.45) is 0 Å². The molecule has 0 rings (SSSR count). The zero-order chi connectivity index (χ0) is 6.57. The summed E-state index contributed by atoms with van der Waals surface area (Å²) in [6, 6.07) is 0. The number of likely N-dealkylation sites (N-methyl/N-ethyl adjacent to an activating group) is 2. The van der Waals surface area contributed by atoms with E-state index in [9.17, 15) is 0 Å². The van der Waals surface area contributed by atoms with Gasteiger partial charge >= 0.3 is 16.8 Å². The number of hydrogen-bond donors (Lipinski definition) is 0. The molecular formula is C6H16CoN2+2. The summed E-state index contributed by atoms with van der Waals surface area (Å²) in [7, 11) is 8.35. The predicted octanol–water partition coefficient (Wildman–Crippen LogP) is 0.107. The first-order valence-corrected chi connectivity index (χ1v) is 2.92. The molecule has 0 aliphatic carbocycles. The zero-order valence-corrected chi connectivity index (χ0v) is 7.68.